The zero-order chi connectivity index (χ0) is 29.1. The molecular weight excluding hydrogens is 557 g/mol. The summed E-state index contributed by atoms with van der Waals surface area (Å²) in [6.45, 7) is 2.25. The van der Waals surface area contributed by atoms with E-state index < -0.39 is 42.0 Å². The zero-order valence-corrected chi connectivity index (χ0v) is 23.4. The van der Waals surface area contributed by atoms with Crippen molar-refractivity contribution in [2.75, 3.05) is 12.4 Å². The molecule has 6 nitrogen and oxygen atoms in total. The molecule has 220 valence electrons. The van der Waals surface area contributed by atoms with Gasteiger partial charge in [-0.15, -0.1) is 11.8 Å². The van der Waals surface area contributed by atoms with Crippen molar-refractivity contribution in [2.24, 2.45) is 0 Å². The quantitative estimate of drug-likeness (QED) is 0.216. The van der Waals surface area contributed by atoms with E-state index in [0.717, 1.165) is 16.7 Å². The Morgan fingerprint density at radius 2 is 1.24 bits per heavy atom. The first kappa shape index (κ1) is 31.1. The monoisotopic (exact) mass is 590 g/mol. The van der Waals surface area contributed by atoms with Crippen LogP contribution in [0.15, 0.2) is 91.0 Å². The minimum absolute atomic E-state index is 0.0673. The van der Waals surface area contributed by atoms with E-state index in [1.165, 1.54) is 11.8 Å². The summed E-state index contributed by atoms with van der Waals surface area (Å²) in [6, 6.07) is 27.9. The first-order valence-electron chi connectivity index (χ1n) is 13.3. The maximum atomic E-state index is 13.4. The second-order valence-corrected chi connectivity index (χ2v) is 10.8. The fraction of sp³-hybridized carbons (Fsp3) is 0.387. The largest absolute Gasteiger partial charge is 0.490 e. The topological polar surface area (TPSA) is 63.2 Å². The van der Waals surface area contributed by atoms with E-state index in [1.807, 2.05) is 97.9 Å². The van der Waals surface area contributed by atoms with Crippen LogP contribution in [0.3, 0.4) is 0 Å². The van der Waals surface area contributed by atoms with Gasteiger partial charge in [0.05, 0.1) is 26.4 Å². The van der Waals surface area contributed by atoms with E-state index in [2.05, 4.69) is 0 Å². The van der Waals surface area contributed by atoms with E-state index in [0.29, 0.717) is 5.75 Å². The molecule has 0 radical (unpaired) electrons. The molecule has 0 spiro atoms. The molecule has 3 aromatic rings. The van der Waals surface area contributed by atoms with Gasteiger partial charge in [0.15, 0.2) is 6.10 Å². The van der Waals surface area contributed by atoms with Gasteiger partial charge in [-0.2, -0.15) is 13.2 Å². The lowest BCUT2D eigenvalue weighted by Gasteiger charge is -2.45. The van der Waals surface area contributed by atoms with Crippen molar-refractivity contribution in [1.29, 1.82) is 0 Å². The van der Waals surface area contributed by atoms with Gasteiger partial charge in [0.2, 0.25) is 0 Å². The summed E-state index contributed by atoms with van der Waals surface area (Å²) in [6.07, 6.45) is -9.60. The first-order chi connectivity index (χ1) is 19.8. The maximum Gasteiger partial charge on any atom is 0.490 e. The van der Waals surface area contributed by atoms with Gasteiger partial charge in [0.25, 0.3) is 0 Å². The molecule has 0 bridgehead atoms. The van der Waals surface area contributed by atoms with Gasteiger partial charge in [-0.05, 0) is 22.4 Å². The fourth-order valence-corrected chi connectivity index (χ4v) is 5.38. The normalized spacial score (nSPS) is 22.8. The molecule has 0 aliphatic carbocycles. The molecule has 0 amide bonds. The fourth-order valence-electron chi connectivity index (χ4n) is 4.41. The number of alkyl halides is 3. The Balaban J connectivity index is 1.62. The molecule has 1 aliphatic heterocycles. The number of hydrogen-bond acceptors (Lipinski definition) is 7. The van der Waals surface area contributed by atoms with Gasteiger partial charge in [0, 0.05) is 0 Å². The van der Waals surface area contributed by atoms with Crippen LogP contribution in [0, 0.1) is 0 Å². The van der Waals surface area contributed by atoms with E-state index in [1.54, 1.807) is 0 Å². The van der Waals surface area contributed by atoms with Crippen LogP contribution in [0.1, 0.15) is 23.6 Å². The van der Waals surface area contributed by atoms with Crippen molar-refractivity contribution >= 4 is 17.7 Å². The molecule has 0 unspecified atom stereocenters. The summed E-state index contributed by atoms with van der Waals surface area (Å²) in [7, 11) is 0. The number of esters is 1. The molecule has 3 aromatic carbocycles. The predicted octanol–water partition coefficient (Wildman–Crippen LogP) is 6.33. The van der Waals surface area contributed by atoms with E-state index >= 15 is 0 Å². The molecule has 0 aromatic heterocycles. The summed E-state index contributed by atoms with van der Waals surface area (Å²) in [5, 5.41) is 0. The molecule has 4 rings (SSSR count). The van der Waals surface area contributed by atoms with Crippen LogP contribution in [-0.2, 0) is 48.3 Å². The number of thioether (sulfide) groups is 1. The molecule has 1 fully saturated rings. The smallest absolute Gasteiger partial charge is 0.450 e. The second-order valence-electron chi connectivity index (χ2n) is 9.39. The van der Waals surface area contributed by atoms with Crippen molar-refractivity contribution in [3.63, 3.8) is 0 Å². The number of halogens is 3. The van der Waals surface area contributed by atoms with E-state index in [4.69, 9.17) is 23.7 Å². The number of carbonyl (C=O) groups excluding carboxylic acids is 1. The van der Waals surface area contributed by atoms with Gasteiger partial charge in [-0.3, -0.25) is 0 Å². The average molecular weight is 591 g/mol. The minimum atomic E-state index is -5.20. The summed E-state index contributed by atoms with van der Waals surface area (Å²) < 4.78 is 70.0. The van der Waals surface area contributed by atoms with Crippen molar-refractivity contribution < 1.29 is 41.7 Å². The van der Waals surface area contributed by atoms with Crippen LogP contribution in [0.5, 0.6) is 0 Å². The van der Waals surface area contributed by atoms with E-state index in [9.17, 15) is 18.0 Å². The third-order valence-corrected chi connectivity index (χ3v) is 7.40. The summed E-state index contributed by atoms with van der Waals surface area (Å²) in [4.78, 5) is 12.1. The summed E-state index contributed by atoms with van der Waals surface area (Å²) >= 11 is 1.44. The molecular formula is C31H33F3O6S. The number of carbonyl (C=O) groups is 1. The SMILES string of the molecule is CCS[C@@H]1O[C@H](COCc2ccccc2)[C@H](OC(=O)C(F)(F)F)[C@H](OCc2ccccc2)[C@H]1OCc1ccccc1. The van der Waals surface area contributed by atoms with Gasteiger partial charge in [-0.1, -0.05) is 97.9 Å². The van der Waals surface area contributed by atoms with Crippen molar-refractivity contribution in [3.8, 4) is 0 Å². The Bertz CT molecular complexity index is 1180. The Morgan fingerprint density at radius 1 is 0.756 bits per heavy atom. The van der Waals surface area contributed by atoms with Crippen LogP contribution in [-0.4, -0.2) is 54.4 Å². The highest BCUT2D eigenvalue weighted by Gasteiger charge is 2.52. The molecule has 0 N–H and O–H groups in total. The Hall–Kier alpha value is -2.89. The lowest BCUT2D eigenvalue weighted by atomic mass is 9.99. The highest BCUT2D eigenvalue weighted by atomic mass is 32.2. The zero-order valence-electron chi connectivity index (χ0n) is 22.6. The highest BCUT2D eigenvalue weighted by molar-refractivity contribution is 7.99. The van der Waals surface area contributed by atoms with Gasteiger partial charge >= 0.3 is 12.1 Å². The minimum Gasteiger partial charge on any atom is -0.450 e. The standard InChI is InChI=1S/C31H33F3O6S/c1-2-41-29-28(38-20-24-16-10-5-11-17-24)27(37-19-23-14-8-4-9-15-23)26(40-30(35)31(32,33)34)25(39-29)21-36-18-22-12-6-3-7-13-22/h3-17,25-29H,2,18-21H2,1H3/t25-,26+,27+,28-,29+/m1/s1. The van der Waals surface area contributed by atoms with Crippen LogP contribution in [0.25, 0.3) is 0 Å². The molecule has 10 heteroatoms. The van der Waals surface area contributed by atoms with Crippen LogP contribution in [0.4, 0.5) is 13.2 Å². The highest BCUT2D eigenvalue weighted by Crippen LogP contribution is 2.36. The average Bonchev–Trinajstić information content (AvgIpc) is 2.98. The van der Waals surface area contributed by atoms with Gasteiger partial charge < -0.3 is 23.7 Å². The first-order valence-corrected chi connectivity index (χ1v) is 14.4. The lowest BCUT2D eigenvalue weighted by molar-refractivity contribution is -0.262. The Labute approximate surface area is 242 Å². The van der Waals surface area contributed by atoms with Gasteiger partial charge in [0.1, 0.15) is 23.7 Å². The van der Waals surface area contributed by atoms with Crippen LogP contribution < -0.4 is 0 Å². The van der Waals surface area contributed by atoms with Crippen molar-refractivity contribution in [3.05, 3.63) is 108 Å². The predicted molar refractivity (Wildman–Crippen MR) is 149 cm³/mol. The molecule has 1 saturated heterocycles. The number of rotatable bonds is 13. The van der Waals surface area contributed by atoms with Crippen LogP contribution >= 0.6 is 11.8 Å². The third kappa shape index (κ3) is 9.31. The second kappa shape index (κ2) is 15.4. The number of ether oxygens (including phenoxy) is 5. The van der Waals surface area contributed by atoms with Gasteiger partial charge in [-0.25, -0.2) is 4.79 Å². The Morgan fingerprint density at radius 3 is 1.73 bits per heavy atom. The molecule has 41 heavy (non-hydrogen) atoms. The maximum absolute atomic E-state index is 13.4. The third-order valence-electron chi connectivity index (χ3n) is 6.36. The van der Waals surface area contributed by atoms with Crippen molar-refractivity contribution in [1.82, 2.24) is 0 Å². The lowest BCUT2D eigenvalue weighted by Crippen LogP contribution is -2.61. The van der Waals surface area contributed by atoms with E-state index in [-0.39, 0.29) is 26.4 Å². The Kier molecular flexibility index (Phi) is 11.6. The number of hydrogen-bond donors (Lipinski definition) is 0. The van der Waals surface area contributed by atoms with Crippen molar-refractivity contribution in [2.45, 2.75) is 62.8 Å². The summed E-state index contributed by atoms with van der Waals surface area (Å²) in [5.41, 5.74) is 1.94. The van der Waals surface area contributed by atoms with Crippen LogP contribution in [0.2, 0.25) is 0 Å². The number of benzene rings is 3. The molecule has 1 heterocycles. The molecule has 0 saturated carbocycles. The molecule has 5 atom stereocenters. The summed E-state index contributed by atoms with van der Waals surface area (Å²) in [5.74, 6) is -1.68. The molecule has 1 aliphatic rings.